The van der Waals surface area contributed by atoms with Gasteiger partial charge in [-0.25, -0.2) is 23.4 Å². The fourth-order valence-electron chi connectivity index (χ4n) is 2.17. The molecule has 0 radical (unpaired) electrons. The van der Waals surface area contributed by atoms with E-state index in [2.05, 4.69) is 19.9 Å². The minimum absolute atomic E-state index is 0.124. The SMILES string of the molecule is O=S1(=O)CCC(c2nc3c(Cl)ncnc3[nH]2)CC1. The lowest BCUT2D eigenvalue weighted by Crippen LogP contribution is -2.22. The highest BCUT2D eigenvalue weighted by Crippen LogP contribution is 2.29. The number of aromatic nitrogens is 4. The summed E-state index contributed by atoms with van der Waals surface area (Å²) in [7, 11) is -2.86. The zero-order valence-corrected chi connectivity index (χ0v) is 11.0. The van der Waals surface area contributed by atoms with Crippen molar-refractivity contribution in [2.75, 3.05) is 11.5 Å². The highest BCUT2D eigenvalue weighted by molar-refractivity contribution is 7.91. The summed E-state index contributed by atoms with van der Waals surface area (Å²) in [6, 6.07) is 0. The molecule has 1 fully saturated rings. The third-order valence-corrected chi connectivity index (χ3v) is 5.19. The van der Waals surface area contributed by atoms with E-state index < -0.39 is 9.84 Å². The summed E-state index contributed by atoms with van der Waals surface area (Å²) in [6.45, 7) is 0. The van der Waals surface area contributed by atoms with Gasteiger partial charge in [0.25, 0.3) is 0 Å². The van der Waals surface area contributed by atoms with E-state index in [-0.39, 0.29) is 17.4 Å². The molecule has 0 spiro atoms. The number of hydrogen-bond acceptors (Lipinski definition) is 5. The summed E-state index contributed by atoms with van der Waals surface area (Å²) in [4.78, 5) is 15.4. The molecule has 0 bridgehead atoms. The third-order valence-electron chi connectivity index (χ3n) is 3.20. The lowest BCUT2D eigenvalue weighted by Gasteiger charge is -2.19. The number of nitrogens with one attached hydrogen (secondary N) is 1. The Kier molecular flexibility index (Phi) is 2.74. The van der Waals surface area contributed by atoms with Crippen LogP contribution in [0.2, 0.25) is 5.15 Å². The van der Waals surface area contributed by atoms with Gasteiger partial charge < -0.3 is 4.98 Å². The van der Waals surface area contributed by atoms with E-state index in [9.17, 15) is 8.42 Å². The lowest BCUT2D eigenvalue weighted by atomic mass is 10.0. The molecule has 0 aromatic carbocycles. The van der Waals surface area contributed by atoms with Crippen molar-refractivity contribution >= 4 is 32.6 Å². The number of hydrogen-bond donors (Lipinski definition) is 1. The second-order valence-electron chi connectivity index (χ2n) is 4.41. The molecule has 3 heterocycles. The van der Waals surface area contributed by atoms with Gasteiger partial charge in [0.15, 0.2) is 10.8 Å². The number of sulfone groups is 1. The summed E-state index contributed by atoms with van der Waals surface area (Å²) in [5.41, 5.74) is 1.14. The monoisotopic (exact) mass is 286 g/mol. The molecule has 1 aliphatic heterocycles. The molecular formula is C10H11ClN4O2S. The van der Waals surface area contributed by atoms with Crippen LogP contribution in [0.4, 0.5) is 0 Å². The molecule has 0 saturated carbocycles. The molecular weight excluding hydrogens is 276 g/mol. The van der Waals surface area contributed by atoms with Crippen molar-refractivity contribution in [2.24, 2.45) is 0 Å². The number of H-pyrrole nitrogens is 1. The van der Waals surface area contributed by atoms with Crippen LogP contribution in [0.1, 0.15) is 24.6 Å². The Bertz CT molecular complexity index is 683. The van der Waals surface area contributed by atoms with E-state index in [1.54, 1.807) is 0 Å². The van der Waals surface area contributed by atoms with Gasteiger partial charge >= 0.3 is 0 Å². The average Bonchev–Trinajstić information content (AvgIpc) is 2.74. The minimum Gasteiger partial charge on any atom is -0.326 e. The molecule has 8 heteroatoms. The first-order valence-corrected chi connectivity index (χ1v) is 7.81. The summed E-state index contributed by atoms with van der Waals surface area (Å²) in [5.74, 6) is 1.31. The first-order chi connectivity index (χ1) is 8.55. The Morgan fingerprint density at radius 3 is 2.67 bits per heavy atom. The van der Waals surface area contributed by atoms with Gasteiger partial charge in [0.1, 0.15) is 27.5 Å². The molecule has 2 aromatic heterocycles. The molecule has 18 heavy (non-hydrogen) atoms. The maximum absolute atomic E-state index is 11.4. The van der Waals surface area contributed by atoms with Gasteiger partial charge in [0.05, 0.1) is 11.5 Å². The predicted molar refractivity (Wildman–Crippen MR) is 67.3 cm³/mol. The molecule has 0 aliphatic carbocycles. The molecule has 6 nitrogen and oxygen atoms in total. The molecule has 3 rings (SSSR count). The second-order valence-corrected chi connectivity index (χ2v) is 7.07. The summed E-state index contributed by atoms with van der Waals surface area (Å²) in [6.07, 6.45) is 2.55. The zero-order chi connectivity index (χ0) is 12.8. The van der Waals surface area contributed by atoms with Gasteiger partial charge in [-0.05, 0) is 12.8 Å². The van der Waals surface area contributed by atoms with Crippen LogP contribution in [0.3, 0.4) is 0 Å². The van der Waals surface area contributed by atoms with Crippen molar-refractivity contribution in [3.05, 3.63) is 17.3 Å². The first-order valence-electron chi connectivity index (χ1n) is 5.62. The molecule has 96 valence electrons. The zero-order valence-electron chi connectivity index (χ0n) is 9.43. The number of aromatic amines is 1. The van der Waals surface area contributed by atoms with Crippen LogP contribution in [0.25, 0.3) is 11.2 Å². The molecule has 1 saturated heterocycles. The van der Waals surface area contributed by atoms with E-state index >= 15 is 0 Å². The van der Waals surface area contributed by atoms with Gasteiger partial charge in [-0.2, -0.15) is 0 Å². The van der Waals surface area contributed by atoms with Crippen LogP contribution in [0, 0.1) is 0 Å². The number of rotatable bonds is 1. The van der Waals surface area contributed by atoms with E-state index in [4.69, 9.17) is 11.6 Å². The van der Waals surface area contributed by atoms with Crippen molar-refractivity contribution in [1.29, 1.82) is 0 Å². The number of nitrogens with zero attached hydrogens (tertiary/aromatic N) is 3. The van der Waals surface area contributed by atoms with Gasteiger partial charge in [0, 0.05) is 5.92 Å². The molecule has 2 aromatic rings. The van der Waals surface area contributed by atoms with Crippen molar-refractivity contribution in [3.63, 3.8) is 0 Å². The highest BCUT2D eigenvalue weighted by atomic mass is 35.5. The van der Waals surface area contributed by atoms with Crippen LogP contribution in [0.5, 0.6) is 0 Å². The van der Waals surface area contributed by atoms with Gasteiger partial charge in [-0.15, -0.1) is 0 Å². The van der Waals surface area contributed by atoms with Gasteiger partial charge in [0.2, 0.25) is 0 Å². The van der Waals surface area contributed by atoms with E-state index in [1.807, 2.05) is 0 Å². The maximum Gasteiger partial charge on any atom is 0.162 e. The summed E-state index contributed by atoms with van der Waals surface area (Å²) >= 11 is 5.93. The van der Waals surface area contributed by atoms with E-state index in [0.717, 1.165) is 5.82 Å². The van der Waals surface area contributed by atoms with Crippen LogP contribution >= 0.6 is 11.6 Å². The molecule has 0 unspecified atom stereocenters. The normalized spacial score (nSPS) is 20.3. The van der Waals surface area contributed by atoms with Crippen LogP contribution in [0.15, 0.2) is 6.33 Å². The Morgan fingerprint density at radius 2 is 2.00 bits per heavy atom. The molecule has 0 atom stereocenters. The van der Waals surface area contributed by atoms with Crippen LogP contribution < -0.4 is 0 Å². The Hall–Kier alpha value is -1.21. The largest absolute Gasteiger partial charge is 0.326 e. The van der Waals surface area contributed by atoms with Crippen molar-refractivity contribution in [3.8, 4) is 0 Å². The Labute approximate surface area is 109 Å². The van der Waals surface area contributed by atoms with Crippen LogP contribution in [-0.4, -0.2) is 39.9 Å². The van der Waals surface area contributed by atoms with Crippen LogP contribution in [-0.2, 0) is 9.84 Å². The summed E-state index contributed by atoms with van der Waals surface area (Å²) < 4.78 is 22.8. The van der Waals surface area contributed by atoms with Crippen molar-refractivity contribution < 1.29 is 8.42 Å². The van der Waals surface area contributed by atoms with Crippen molar-refractivity contribution in [1.82, 2.24) is 19.9 Å². The number of imidazole rings is 1. The van der Waals surface area contributed by atoms with Crippen molar-refractivity contribution in [2.45, 2.75) is 18.8 Å². The number of fused-ring (bicyclic) bond motifs is 1. The predicted octanol–water partition coefficient (Wildman–Crippen LogP) is 1.30. The quantitative estimate of drug-likeness (QED) is 0.798. The van der Waals surface area contributed by atoms with E-state index in [1.165, 1.54) is 6.33 Å². The smallest absolute Gasteiger partial charge is 0.162 e. The molecule has 1 N–H and O–H groups in total. The molecule has 1 aliphatic rings. The third kappa shape index (κ3) is 2.08. The highest BCUT2D eigenvalue weighted by Gasteiger charge is 2.27. The van der Waals surface area contributed by atoms with Gasteiger partial charge in [-0.1, -0.05) is 11.6 Å². The lowest BCUT2D eigenvalue weighted by molar-refractivity contribution is 0.540. The fraction of sp³-hybridized carbons (Fsp3) is 0.500. The summed E-state index contributed by atoms with van der Waals surface area (Å²) in [5, 5.41) is 0.311. The first kappa shape index (κ1) is 11.9. The minimum atomic E-state index is -2.86. The number of halogens is 1. The Morgan fingerprint density at radius 1 is 1.28 bits per heavy atom. The molecule has 0 amide bonds. The maximum atomic E-state index is 11.4. The Balaban J connectivity index is 1.94. The fourth-order valence-corrected chi connectivity index (χ4v) is 3.84. The van der Waals surface area contributed by atoms with E-state index in [0.29, 0.717) is 29.2 Å². The van der Waals surface area contributed by atoms with Gasteiger partial charge in [-0.3, -0.25) is 0 Å². The topological polar surface area (TPSA) is 88.6 Å². The second kappa shape index (κ2) is 4.17. The average molecular weight is 287 g/mol. The standard InChI is InChI=1S/C10H11ClN4O2S/c11-8-7-10(13-5-12-8)15-9(14-7)6-1-3-18(16,17)4-2-6/h5-6H,1-4H2,(H,12,13,14,15).